The maximum absolute atomic E-state index is 8.47. The van der Waals surface area contributed by atoms with Gasteiger partial charge in [0.1, 0.15) is 0 Å². The average Bonchev–Trinajstić information content (AvgIpc) is 3.20. The molecular weight excluding hydrogens is 910 g/mol. The van der Waals surface area contributed by atoms with Gasteiger partial charge in [0.25, 0.3) is 0 Å². The molecule has 328 valence electrons. The molecule has 57 heavy (non-hydrogen) atoms. The summed E-state index contributed by atoms with van der Waals surface area (Å²) in [4.78, 5) is 0. The minimum atomic E-state index is -3.88. The Morgan fingerprint density at radius 3 is 0.912 bits per heavy atom. The topological polar surface area (TPSA) is 27.7 Å². The van der Waals surface area contributed by atoms with E-state index in [0.29, 0.717) is 0 Å². The fourth-order valence-electron chi connectivity index (χ4n) is 8.82. The molecule has 0 radical (unpaired) electrons. The van der Waals surface area contributed by atoms with Crippen molar-refractivity contribution < 1.29 is 7.56 Å². The van der Waals surface area contributed by atoms with E-state index in [-0.39, 0.29) is 0 Å². The molecule has 0 heterocycles. The fraction of sp³-hybridized carbons (Fsp3) is 0.769. The summed E-state index contributed by atoms with van der Waals surface area (Å²) in [7, 11) is 0. The van der Waals surface area contributed by atoms with Crippen molar-refractivity contribution in [3.63, 3.8) is 0 Å². The quantitative estimate of drug-likeness (QED) is 0.0496. The van der Waals surface area contributed by atoms with Crippen LogP contribution < -0.4 is 6.15 Å². The van der Waals surface area contributed by atoms with Crippen molar-refractivity contribution >= 4 is 38.4 Å². The summed E-state index contributed by atoms with van der Waals surface area (Å²) in [5.74, 6) is 2.32. The molecule has 0 bridgehead atoms. The van der Waals surface area contributed by atoms with E-state index in [4.69, 9.17) is 7.56 Å². The summed E-state index contributed by atoms with van der Waals surface area (Å²) >= 11 is -7.75. The van der Waals surface area contributed by atoms with Crippen LogP contribution in [0.25, 0.3) is 0 Å². The number of hydrogen-bond donors (Lipinski definition) is 0. The summed E-state index contributed by atoms with van der Waals surface area (Å²) in [5, 5.41) is 0. The van der Waals surface area contributed by atoms with Crippen molar-refractivity contribution in [2.45, 2.75) is 253 Å². The number of rotatable bonds is 38. The van der Waals surface area contributed by atoms with Crippen LogP contribution in [0.5, 0.6) is 11.5 Å². The van der Waals surface area contributed by atoms with E-state index in [9.17, 15) is 0 Å². The maximum atomic E-state index is 8.47. The van der Waals surface area contributed by atoms with Gasteiger partial charge in [-0.2, -0.15) is 0 Å². The van der Waals surface area contributed by atoms with E-state index in [1.54, 1.807) is 0 Å². The molecule has 0 aromatic heterocycles. The second-order valence-corrected chi connectivity index (χ2v) is 39.6. The van der Waals surface area contributed by atoms with Crippen molar-refractivity contribution in [1.82, 2.24) is 0 Å². The Kier molecular flexibility index (Phi) is 30.8. The first-order chi connectivity index (χ1) is 27.8. The summed E-state index contributed by atoms with van der Waals surface area (Å²) in [6.07, 6.45) is 35.9. The third-order valence-electron chi connectivity index (χ3n) is 12.3. The number of hydrogen-bond acceptors (Lipinski definition) is 3. The average molecular weight is 1000 g/mol. The predicted molar refractivity (Wildman–Crippen MR) is 257 cm³/mol. The zero-order valence-corrected chi connectivity index (χ0v) is 45.0. The van der Waals surface area contributed by atoms with Crippen LogP contribution in [-0.2, 0) is 14.3 Å². The molecule has 0 spiro atoms. The van der Waals surface area contributed by atoms with Crippen LogP contribution in [0.15, 0.2) is 36.4 Å². The van der Waals surface area contributed by atoms with Gasteiger partial charge in [0.05, 0.1) is 0 Å². The Morgan fingerprint density at radius 2 is 0.632 bits per heavy atom. The summed E-state index contributed by atoms with van der Waals surface area (Å²) < 4.78 is 28.9. The Hall–Kier alpha value is -0.403. The number of aryl methyl sites for hydroxylation is 2. The first-order valence-corrected chi connectivity index (χ1v) is 37.8. The normalized spacial score (nSPS) is 12.1. The fourth-order valence-corrected chi connectivity index (χ4v) is 49.5. The SMILES string of the molecule is CCCCCCC[CH2][Sn]([CH2]CCCCCCC)([O]c1cccc(C)c1CCC)[O][Sn]([CH2]CCCCCCC)([CH2]CCCCCCC)[O]c1cccc(C)c1CCC. The Morgan fingerprint density at radius 1 is 0.351 bits per heavy atom. The molecule has 0 aliphatic heterocycles. The van der Waals surface area contributed by atoms with Crippen molar-refractivity contribution in [2.75, 3.05) is 0 Å². The van der Waals surface area contributed by atoms with Crippen molar-refractivity contribution in [1.29, 1.82) is 0 Å². The molecule has 2 aromatic rings. The van der Waals surface area contributed by atoms with Crippen LogP contribution in [0.3, 0.4) is 0 Å². The van der Waals surface area contributed by atoms with Crippen LogP contribution in [0.2, 0.25) is 17.7 Å². The molecule has 3 nitrogen and oxygen atoms in total. The molecule has 0 atom stereocenters. The minimum absolute atomic E-state index is 1.07. The van der Waals surface area contributed by atoms with Crippen LogP contribution in [0.1, 0.15) is 231 Å². The summed E-state index contributed by atoms with van der Waals surface area (Å²) in [5.41, 5.74) is 5.60. The molecule has 2 rings (SSSR count). The van der Waals surface area contributed by atoms with Gasteiger partial charge in [-0.15, -0.1) is 0 Å². The Labute approximate surface area is 366 Å². The Balaban J connectivity index is 2.77. The third-order valence-corrected chi connectivity index (χ3v) is 44.8. The van der Waals surface area contributed by atoms with Crippen molar-refractivity contribution in [3.8, 4) is 11.5 Å². The zero-order valence-electron chi connectivity index (χ0n) is 39.3. The third kappa shape index (κ3) is 21.8. The molecule has 0 unspecified atom stereocenters. The van der Waals surface area contributed by atoms with E-state index in [1.165, 1.54) is 194 Å². The van der Waals surface area contributed by atoms with Gasteiger partial charge in [0.2, 0.25) is 0 Å². The molecule has 0 fully saturated rings. The number of benzene rings is 2. The summed E-state index contributed by atoms with van der Waals surface area (Å²) in [6, 6.07) is 13.7. The van der Waals surface area contributed by atoms with Crippen LogP contribution >= 0.6 is 0 Å². The van der Waals surface area contributed by atoms with Crippen LogP contribution in [-0.4, -0.2) is 38.4 Å². The van der Waals surface area contributed by atoms with Crippen LogP contribution in [0, 0.1) is 13.8 Å². The first-order valence-electron chi connectivity index (χ1n) is 25.1. The van der Waals surface area contributed by atoms with E-state index < -0.39 is 38.4 Å². The van der Waals surface area contributed by atoms with Gasteiger partial charge in [0, 0.05) is 0 Å². The predicted octanol–water partition coefficient (Wildman–Crippen LogP) is 18.0. The van der Waals surface area contributed by atoms with Crippen LogP contribution in [0.4, 0.5) is 0 Å². The molecular formula is C52H94O3Sn2. The molecule has 0 saturated carbocycles. The van der Waals surface area contributed by atoms with E-state index >= 15 is 0 Å². The first kappa shape index (κ1) is 52.7. The van der Waals surface area contributed by atoms with E-state index in [1.807, 2.05) is 0 Å². The second kappa shape index (κ2) is 33.3. The zero-order chi connectivity index (χ0) is 41.5. The molecule has 0 saturated heterocycles. The van der Waals surface area contributed by atoms with Gasteiger partial charge in [-0.3, -0.25) is 0 Å². The summed E-state index contributed by atoms with van der Waals surface area (Å²) in [6.45, 7) is 18.6. The van der Waals surface area contributed by atoms with Gasteiger partial charge < -0.3 is 0 Å². The van der Waals surface area contributed by atoms with Gasteiger partial charge in [-0.25, -0.2) is 0 Å². The van der Waals surface area contributed by atoms with Gasteiger partial charge in [-0.1, -0.05) is 0 Å². The van der Waals surface area contributed by atoms with E-state index in [0.717, 1.165) is 37.2 Å². The number of unbranched alkanes of at least 4 members (excludes halogenated alkanes) is 20. The monoisotopic (exact) mass is 1010 g/mol. The molecule has 5 heteroatoms. The van der Waals surface area contributed by atoms with E-state index in [2.05, 4.69) is 91.8 Å². The molecule has 0 aliphatic carbocycles. The van der Waals surface area contributed by atoms with Crippen molar-refractivity contribution in [2.24, 2.45) is 0 Å². The van der Waals surface area contributed by atoms with Gasteiger partial charge in [-0.05, 0) is 0 Å². The Bertz CT molecular complexity index is 1130. The molecule has 0 aliphatic rings. The standard InChI is InChI=1S/2C10H14O.4C8H17.O.2Sn/c2*1-3-5-9-8(2)6-4-7-10(9)11;4*1-3-5-7-8-6-4-2;;;/h2*4,6-7,11H,3,5H2,1-2H3;4*1,3-8H2,2H3;;;/q;;;;;;;2*+1/p-2. The van der Waals surface area contributed by atoms with Crippen molar-refractivity contribution in [3.05, 3.63) is 58.7 Å². The molecule has 2 aromatic carbocycles. The second-order valence-electron chi connectivity index (χ2n) is 17.8. The van der Waals surface area contributed by atoms with Gasteiger partial charge in [0.15, 0.2) is 0 Å². The van der Waals surface area contributed by atoms with Gasteiger partial charge >= 0.3 is 369 Å². The molecule has 0 amide bonds. The molecule has 0 N–H and O–H groups in total.